The Bertz CT molecular complexity index is 768. The van der Waals surface area contributed by atoms with E-state index >= 15 is 0 Å². The number of pyridine rings is 1. The van der Waals surface area contributed by atoms with Crippen molar-refractivity contribution in [2.24, 2.45) is 5.92 Å². The van der Waals surface area contributed by atoms with Crippen LogP contribution in [-0.4, -0.2) is 23.0 Å². The number of piperidine rings is 1. The number of likely N-dealkylation sites (tertiary alicyclic amines) is 1. The Morgan fingerprint density at radius 1 is 1.12 bits per heavy atom. The number of hydrogen-bond donors (Lipinski definition) is 0. The molecule has 1 aliphatic heterocycles. The lowest BCUT2D eigenvalue weighted by atomic mass is 9.91. The molecule has 0 N–H and O–H groups in total. The lowest BCUT2D eigenvalue weighted by molar-refractivity contribution is 0.251. The van der Waals surface area contributed by atoms with E-state index in [2.05, 4.69) is 61.5 Å². The number of benzene rings is 1. The Kier molecular flexibility index (Phi) is 5.27. The van der Waals surface area contributed by atoms with Crippen molar-refractivity contribution in [3.05, 3.63) is 59.4 Å². The molecular formula is C23H30N2. The molecule has 1 aromatic carbocycles. The van der Waals surface area contributed by atoms with E-state index < -0.39 is 0 Å². The van der Waals surface area contributed by atoms with Crippen LogP contribution in [0.5, 0.6) is 0 Å². The first-order valence-electron chi connectivity index (χ1n) is 9.48. The summed E-state index contributed by atoms with van der Waals surface area (Å²) in [6.45, 7) is 15.5. The predicted molar refractivity (Wildman–Crippen MR) is 108 cm³/mol. The lowest BCUT2D eigenvalue weighted by Gasteiger charge is -2.35. The summed E-state index contributed by atoms with van der Waals surface area (Å²) in [7, 11) is 0. The highest BCUT2D eigenvalue weighted by Crippen LogP contribution is 2.32. The molecule has 0 saturated carbocycles. The van der Waals surface area contributed by atoms with Gasteiger partial charge in [0, 0.05) is 36.2 Å². The van der Waals surface area contributed by atoms with Gasteiger partial charge < -0.3 is 4.90 Å². The molecule has 0 radical (unpaired) electrons. The number of aromatic nitrogens is 1. The number of nitrogens with zero attached hydrogens (tertiary/aromatic N) is 2. The molecule has 3 rings (SSSR count). The molecule has 0 unspecified atom stereocenters. The summed E-state index contributed by atoms with van der Waals surface area (Å²) in [6.07, 6.45) is 5.77. The van der Waals surface area contributed by atoms with Gasteiger partial charge in [-0.25, -0.2) is 0 Å². The van der Waals surface area contributed by atoms with Crippen LogP contribution in [0.4, 0.5) is 0 Å². The average Bonchev–Trinajstić information content (AvgIpc) is 2.63. The summed E-state index contributed by atoms with van der Waals surface area (Å²) in [5, 5.41) is 0. The van der Waals surface area contributed by atoms with E-state index in [0.29, 0.717) is 0 Å². The van der Waals surface area contributed by atoms with Crippen LogP contribution in [0.25, 0.3) is 16.8 Å². The monoisotopic (exact) mass is 334 g/mol. The maximum absolute atomic E-state index is 4.47. The van der Waals surface area contributed by atoms with E-state index in [4.69, 9.17) is 0 Å². The van der Waals surface area contributed by atoms with Crippen molar-refractivity contribution in [2.45, 2.75) is 47.0 Å². The van der Waals surface area contributed by atoms with Crippen molar-refractivity contribution in [1.29, 1.82) is 0 Å². The first-order valence-corrected chi connectivity index (χ1v) is 9.48. The molecule has 2 aromatic rings. The highest BCUT2D eigenvalue weighted by molar-refractivity contribution is 5.74. The first kappa shape index (κ1) is 17.7. The van der Waals surface area contributed by atoms with Crippen LogP contribution < -0.4 is 0 Å². The van der Waals surface area contributed by atoms with E-state index in [1.807, 2.05) is 13.1 Å². The summed E-state index contributed by atoms with van der Waals surface area (Å²) in [5.41, 5.74) is 8.69. The Hall–Kier alpha value is -2.09. The zero-order chi connectivity index (χ0) is 18.0. The minimum atomic E-state index is 0.887. The van der Waals surface area contributed by atoms with Gasteiger partial charge >= 0.3 is 0 Å². The second-order valence-electron chi connectivity index (χ2n) is 7.44. The van der Waals surface area contributed by atoms with Crippen molar-refractivity contribution in [3.63, 3.8) is 0 Å². The van der Waals surface area contributed by atoms with Gasteiger partial charge in [-0.3, -0.25) is 4.98 Å². The molecular weight excluding hydrogens is 304 g/mol. The summed E-state index contributed by atoms with van der Waals surface area (Å²) in [5.74, 6) is 0.887. The molecule has 2 heteroatoms. The quantitative estimate of drug-likeness (QED) is 0.706. The van der Waals surface area contributed by atoms with Crippen molar-refractivity contribution >= 4 is 5.70 Å². The van der Waals surface area contributed by atoms with Crippen molar-refractivity contribution in [3.8, 4) is 11.1 Å². The van der Waals surface area contributed by atoms with Gasteiger partial charge in [0.2, 0.25) is 0 Å². The minimum Gasteiger partial charge on any atom is -0.372 e. The lowest BCUT2D eigenvalue weighted by Crippen LogP contribution is -2.32. The second-order valence-corrected chi connectivity index (χ2v) is 7.44. The van der Waals surface area contributed by atoms with Gasteiger partial charge in [0.25, 0.3) is 0 Å². The zero-order valence-electron chi connectivity index (χ0n) is 16.1. The highest BCUT2D eigenvalue weighted by Gasteiger charge is 2.21. The maximum Gasteiger partial charge on any atom is 0.0378 e. The summed E-state index contributed by atoms with van der Waals surface area (Å²) < 4.78 is 0. The Morgan fingerprint density at radius 2 is 1.84 bits per heavy atom. The fourth-order valence-corrected chi connectivity index (χ4v) is 3.83. The van der Waals surface area contributed by atoms with E-state index in [0.717, 1.165) is 24.7 Å². The van der Waals surface area contributed by atoms with Crippen molar-refractivity contribution in [2.75, 3.05) is 13.1 Å². The molecule has 1 saturated heterocycles. The third-order valence-electron chi connectivity index (χ3n) is 5.78. The molecule has 2 heterocycles. The van der Waals surface area contributed by atoms with Gasteiger partial charge in [-0.1, -0.05) is 26.0 Å². The molecule has 25 heavy (non-hydrogen) atoms. The smallest absolute Gasteiger partial charge is 0.0378 e. The topological polar surface area (TPSA) is 16.1 Å². The normalized spacial score (nSPS) is 15.4. The Balaban J connectivity index is 1.92. The van der Waals surface area contributed by atoms with E-state index in [9.17, 15) is 0 Å². The van der Waals surface area contributed by atoms with E-state index in [-0.39, 0.29) is 0 Å². The largest absolute Gasteiger partial charge is 0.372 e. The van der Waals surface area contributed by atoms with Gasteiger partial charge in [0.05, 0.1) is 0 Å². The molecule has 132 valence electrons. The van der Waals surface area contributed by atoms with Crippen LogP contribution in [0.15, 0.2) is 37.0 Å². The molecule has 0 amide bonds. The highest BCUT2D eigenvalue weighted by atomic mass is 15.1. The molecule has 0 spiro atoms. The summed E-state index contributed by atoms with van der Waals surface area (Å²) >= 11 is 0. The molecule has 0 atom stereocenters. The van der Waals surface area contributed by atoms with Crippen LogP contribution >= 0.6 is 0 Å². The van der Waals surface area contributed by atoms with Crippen LogP contribution in [0.3, 0.4) is 0 Å². The first-order chi connectivity index (χ1) is 12.0. The average molecular weight is 335 g/mol. The van der Waals surface area contributed by atoms with Gasteiger partial charge in [0.1, 0.15) is 0 Å². The van der Waals surface area contributed by atoms with Gasteiger partial charge in [-0.2, -0.15) is 0 Å². The van der Waals surface area contributed by atoms with Crippen molar-refractivity contribution < 1.29 is 0 Å². The molecule has 0 bridgehead atoms. The maximum atomic E-state index is 4.47. The fraction of sp³-hybridized carbons (Fsp3) is 0.435. The van der Waals surface area contributed by atoms with Crippen LogP contribution in [0.1, 0.15) is 48.6 Å². The number of hydrogen-bond acceptors (Lipinski definition) is 2. The van der Waals surface area contributed by atoms with Crippen LogP contribution in [0.2, 0.25) is 0 Å². The molecule has 1 aromatic heterocycles. The second kappa shape index (κ2) is 7.43. The summed E-state index contributed by atoms with van der Waals surface area (Å²) in [6, 6.07) is 8.84. The van der Waals surface area contributed by atoms with E-state index in [1.165, 1.54) is 52.8 Å². The Labute approximate surface area is 152 Å². The van der Waals surface area contributed by atoms with Gasteiger partial charge in [0.15, 0.2) is 0 Å². The summed E-state index contributed by atoms with van der Waals surface area (Å²) in [4.78, 5) is 6.81. The number of aryl methyl sites for hydroxylation is 2. The third kappa shape index (κ3) is 3.78. The standard InChI is InChI=1S/C23H30N2/c1-6-20-8-11-25(12-9-20)19(5)23-15-22(13-16(2)18(23)4)21-7-10-24-17(3)14-21/h7,10,13-15,20H,5-6,8-9,11-12H2,1-4H3. The van der Waals surface area contributed by atoms with Gasteiger partial charge in [-0.05, 0) is 80.0 Å². The fourth-order valence-electron chi connectivity index (χ4n) is 3.83. The van der Waals surface area contributed by atoms with E-state index in [1.54, 1.807) is 0 Å². The molecule has 1 aliphatic rings. The van der Waals surface area contributed by atoms with Crippen LogP contribution in [0, 0.1) is 26.7 Å². The van der Waals surface area contributed by atoms with Crippen molar-refractivity contribution in [1.82, 2.24) is 9.88 Å². The predicted octanol–water partition coefficient (Wildman–Crippen LogP) is 5.77. The molecule has 1 fully saturated rings. The number of rotatable bonds is 4. The van der Waals surface area contributed by atoms with Crippen LogP contribution in [-0.2, 0) is 0 Å². The minimum absolute atomic E-state index is 0.887. The third-order valence-corrected chi connectivity index (χ3v) is 5.78. The SMILES string of the molecule is C=C(c1cc(-c2ccnc(C)c2)cc(C)c1C)N1CCC(CC)CC1. The van der Waals surface area contributed by atoms with Gasteiger partial charge in [-0.15, -0.1) is 0 Å². The zero-order valence-corrected chi connectivity index (χ0v) is 16.1. The molecule has 2 nitrogen and oxygen atoms in total. The molecule has 0 aliphatic carbocycles. The Morgan fingerprint density at radius 3 is 2.48 bits per heavy atom.